The third-order valence-corrected chi connectivity index (χ3v) is 8.04. The predicted octanol–water partition coefficient (Wildman–Crippen LogP) is 3.35. The fraction of sp³-hybridized carbons (Fsp3) is 0.471. The van der Waals surface area contributed by atoms with Gasteiger partial charge in [0.15, 0.2) is 0 Å². The maximum absolute atomic E-state index is 13.0. The van der Waals surface area contributed by atoms with Gasteiger partial charge in [0.25, 0.3) is 15.6 Å². The molecule has 0 amide bonds. The van der Waals surface area contributed by atoms with E-state index in [4.69, 9.17) is 0 Å². The summed E-state index contributed by atoms with van der Waals surface area (Å²) in [6, 6.07) is 2.81. The van der Waals surface area contributed by atoms with Gasteiger partial charge >= 0.3 is 12.4 Å². The summed E-state index contributed by atoms with van der Waals surface area (Å²) in [6.45, 7) is 1.95. The molecular weight excluding hydrogens is 472 g/mol. The predicted molar refractivity (Wildman–Crippen MR) is 100 cm³/mol. The van der Waals surface area contributed by atoms with E-state index < -0.39 is 39.6 Å². The molecule has 1 saturated heterocycles. The van der Waals surface area contributed by atoms with Crippen molar-refractivity contribution in [3.05, 3.63) is 41.4 Å². The lowest BCUT2D eigenvalue weighted by atomic mass is 9.92. The number of piperazine rings is 1. The molecule has 14 heteroatoms. The zero-order valence-corrected chi connectivity index (χ0v) is 17.5. The molecular formula is C17H17F6N3O3S2. The van der Waals surface area contributed by atoms with Gasteiger partial charge in [-0.25, -0.2) is 13.4 Å². The van der Waals surface area contributed by atoms with E-state index in [1.54, 1.807) is 11.8 Å². The summed E-state index contributed by atoms with van der Waals surface area (Å²) >= 11 is 0.968. The summed E-state index contributed by atoms with van der Waals surface area (Å²) in [6.07, 6.45) is -10.6. The standard InChI is InChI=1S/C17H17F6N3O3S2/c1-11-10-25(31(28,29)14-24-6-9-30-14)7-8-26(11)13-4-2-12(3-5-13)15(27,16(18,19)20)17(21,22)23/h2-6,9,11,27H,7-8,10H2,1H3. The Hall–Kier alpha value is -1.90. The number of hydrogen-bond donors (Lipinski definition) is 1. The molecule has 172 valence electrons. The molecule has 1 unspecified atom stereocenters. The van der Waals surface area contributed by atoms with Gasteiger partial charge in [-0.2, -0.15) is 30.6 Å². The van der Waals surface area contributed by atoms with Crippen molar-refractivity contribution in [1.29, 1.82) is 0 Å². The minimum atomic E-state index is -5.96. The first-order chi connectivity index (χ1) is 14.2. The molecule has 2 heterocycles. The fourth-order valence-electron chi connectivity index (χ4n) is 3.36. The van der Waals surface area contributed by atoms with Crippen molar-refractivity contribution in [3.63, 3.8) is 0 Å². The zero-order chi connectivity index (χ0) is 23.2. The number of sulfonamides is 1. The maximum Gasteiger partial charge on any atom is 0.430 e. The van der Waals surface area contributed by atoms with Gasteiger partial charge in [0.2, 0.25) is 4.34 Å². The Morgan fingerprint density at radius 2 is 1.65 bits per heavy atom. The Morgan fingerprint density at radius 3 is 2.10 bits per heavy atom. The van der Waals surface area contributed by atoms with Gasteiger partial charge in [-0.1, -0.05) is 12.1 Å². The lowest BCUT2D eigenvalue weighted by molar-refractivity contribution is -0.376. The summed E-state index contributed by atoms with van der Waals surface area (Å²) in [7, 11) is -3.79. The van der Waals surface area contributed by atoms with Crippen molar-refractivity contribution < 1.29 is 39.9 Å². The maximum atomic E-state index is 13.0. The molecule has 2 aromatic rings. The average Bonchev–Trinajstić information content (AvgIpc) is 3.21. The van der Waals surface area contributed by atoms with Crippen LogP contribution in [0.2, 0.25) is 0 Å². The van der Waals surface area contributed by atoms with Crippen LogP contribution in [0, 0.1) is 0 Å². The number of benzene rings is 1. The van der Waals surface area contributed by atoms with Crippen LogP contribution in [-0.4, -0.2) is 60.8 Å². The highest BCUT2D eigenvalue weighted by molar-refractivity contribution is 7.91. The number of rotatable bonds is 4. The Balaban J connectivity index is 1.81. The molecule has 1 aliphatic heterocycles. The third kappa shape index (κ3) is 4.13. The number of alkyl halides is 6. The highest BCUT2D eigenvalue weighted by Crippen LogP contribution is 2.50. The number of halogens is 6. The van der Waals surface area contributed by atoms with Crippen LogP contribution < -0.4 is 4.90 Å². The van der Waals surface area contributed by atoms with Crippen LogP contribution in [0.1, 0.15) is 12.5 Å². The summed E-state index contributed by atoms with van der Waals surface area (Å²) in [5.74, 6) is 0. The summed E-state index contributed by atoms with van der Waals surface area (Å²) in [4.78, 5) is 5.47. The number of aromatic nitrogens is 1. The molecule has 0 saturated carbocycles. The van der Waals surface area contributed by atoms with Gasteiger partial charge in [0.1, 0.15) is 0 Å². The van der Waals surface area contributed by atoms with E-state index in [0.717, 1.165) is 23.5 Å². The van der Waals surface area contributed by atoms with Crippen LogP contribution >= 0.6 is 11.3 Å². The van der Waals surface area contributed by atoms with Gasteiger partial charge in [-0.05, 0) is 19.1 Å². The largest absolute Gasteiger partial charge is 0.430 e. The van der Waals surface area contributed by atoms with E-state index >= 15 is 0 Å². The molecule has 1 fully saturated rings. The van der Waals surface area contributed by atoms with Crippen molar-refractivity contribution >= 4 is 27.0 Å². The molecule has 1 atom stereocenters. The summed E-state index contributed by atoms with van der Waals surface area (Å²) in [5, 5.41) is 11.0. The Morgan fingerprint density at radius 1 is 1.06 bits per heavy atom. The van der Waals surface area contributed by atoms with E-state index in [0.29, 0.717) is 17.8 Å². The van der Waals surface area contributed by atoms with E-state index in [-0.39, 0.29) is 24.0 Å². The van der Waals surface area contributed by atoms with Crippen LogP contribution in [0.4, 0.5) is 32.0 Å². The minimum absolute atomic E-state index is 0.0543. The van der Waals surface area contributed by atoms with E-state index in [2.05, 4.69) is 4.98 Å². The van der Waals surface area contributed by atoms with Gasteiger partial charge in [-0.3, -0.25) is 0 Å². The van der Waals surface area contributed by atoms with Gasteiger partial charge < -0.3 is 10.0 Å². The second-order valence-electron chi connectivity index (χ2n) is 6.96. The van der Waals surface area contributed by atoms with Crippen LogP contribution in [0.25, 0.3) is 0 Å². The molecule has 0 radical (unpaired) electrons. The van der Waals surface area contributed by atoms with Crippen molar-refractivity contribution in [3.8, 4) is 0 Å². The van der Waals surface area contributed by atoms with Crippen molar-refractivity contribution in [2.75, 3.05) is 24.5 Å². The van der Waals surface area contributed by atoms with Crippen molar-refractivity contribution in [2.45, 2.75) is 35.3 Å². The molecule has 0 aliphatic carbocycles. The molecule has 0 bridgehead atoms. The number of thiazole rings is 1. The van der Waals surface area contributed by atoms with Gasteiger partial charge in [0.05, 0.1) is 0 Å². The van der Waals surface area contributed by atoms with E-state index in [1.807, 2.05) is 0 Å². The summed E-state index contributed by atoms with van der Waals surface area (Å²) < 4.78 is 105. The highest BCUT2D eigenvalue weighted by atomic mass is 32.2. The lowest BCUT2D eigenvalue weighted by Crippen LogP contribution is -2.54. The molecule has 1 aromatic carbocycles. The Kier molecular flexibility index (Phi) is 6.06. The number of hydrogen-bond acceptors (Lipinski definition) is 6. The second-order valence-corrected chi connectivity index (χ2v) is 9.96. The van der Waals surface area contributed by atoms with Gasteiger partial charge in [0, 0.05) is 48.5 Å². The van der Waals surface area contributed by atoms with Crippen molar-refractivity contribution in [1.82, 2.24) is 9.29 Å². The average molecular weight is 489 g/mol. The number of nitrogens with zero attached hydrogens (tertiary/aromatic N) is 3. The fourth-order valence-corrected chi connectivity index (χ4v) is 5.83. The first-order valence-electron chi connectivity index (χ1n) is 8.82. The molecule has 3 rings (SSSR count). The highest BCUT2D eigenvalue weighted by Gasteiger charge is 2.71. The molecule has 1 N–H and O–H groups in total. The monoisotopic (exact) mass is 489 g/mol. The van der Waals surface area contributed by atoms with Crippen LogP contribution in [0.5, 0.6) is 0 Å². The van der Waals surface area contributed by atoms with E-state index in [9.17, 15) is 39.9 Å². The van der Waals surface area contributed by atoms with Crippen molar-refractivity contribution in [2.24, 2.45) is 0 Å². The minimum Gasteiger partial charge on any atom is -0.369 e. The van der Waals surface area contributed by atoms with Crippen LogP contribution in [0.15, 0.2) is 40.2 Å². The number of anilines is 1. The summed E-state index contributed by atoms with van der Waals surface area (Å²) in [5.41, 5.74) is -6.05. The molecule has 1 aliphatic rings. The first-order valence-corrected chi connectivity index (χ1v) is 11.1. The second kappa shape index (κ2) is 7.90. The quantitative estimate of drug-likeness (QED) is 0.667. The molecule has 0 spiro atoms. The topological polar surface area (TPSA) is 73.7 Å². The number of aliphatic hydroxyl groups is 1. The van der Waals surface area contributed by atoms with Crippen LogP contribution in [0.3, 0.4) is 0 Å². The molecule has 6 nitrogen and oxygen atoms in total. The zero-order valence-electron chi connectivity index (χ0n) is 15.9. The molecule has 31 heavy (non-hydrogen) atoms. The van der Waals surface area contributed by atoms with Gasteiger partial charge in [-0.15, -0.1) is 11.3 Å². The van der Waals surface area contributed by atoms with Crippen LogP contribution in [-0.2, 0) is 15.6 Å². The lowest BCUT2D eigenvalue weighted by Gasteiger charge is -2.40. The third-order valence-electron chi connectivity index (χ3n) is 5.00. The SMILES string of the molecule is CC1CN(S(=O)(=O)c2nccs2)CCN1c1ccc(C(O)(C(F)(F)F)C(F)(F)F)cc1. The first kappa shape index (κ1) is 23.8. The normalized spacial score (nSPS) is 19.6. The Labute approximate surface area is 177 Å². The Bertz CT molecular complexity index is 993. The van der Waals surface area contributed by atoms with E-state index in [1.165, 1.54) is 15.9 Å². The smallest absolute Gasteiger partial charge is 0.369 e. The molecule has 1 aromatic heterocycles.